The number of thioether (sulfide) groups is 1. The van der Waals surface area contributed by atoms with Crippen LogP contribution in [0.1, 0.15) is 11.1 Å². The number of fused-ring (bicyclic) bond motifs is 1. The van der Waals surface area contributed by atoms with Crippen LogP contribution in [0.4, 0.5) is 0 Å². The quantitative estimate of drug-likeness (QED) is 0.892. The Morgan fingerprint density at radius 2 is 2.12 bits per heavy atom. The highest BCUT2D eigenvalue weighted by Gasteiger charge is 2.28. The van der Waals surface area contributed by atoms with Crippen LogP contribution in [0, 0.1) is 0 Å². The summed E-state index contributed by atoms with van der Waals surface area (Å²) in [5.41, 5.74) is 7.26. The maximum absolute atomic E-state index is 12.1. The minimum Gasteiger partial charge on any atom is -0.326 e. The Balaban J connectivity index is 2.54. The summed E-state index contributed by atoms with van der Waals surface area (Å²) in [6, 6.07) is 5.27. The zero-order chi connectivity index (χ0) is 11.8. The molecule has 0 saturated heterocycles. The molecule has 2 rings (SSSR count). The smallest absolute Gasteiger partial charge is 0.204 e. The summed E-state index contributed by atoms with van der Waals surface area (Å²) in [6.45, 7) is 0.430. The van der Waals surface area contributed by atoms with Crippen LogP contribution in [0.25, 0.3) is 6.08 Å². The summed E-state index contributed by atoms with van der Waals surface area (Å²) in [5.74, 6) is 0.523. The summed E-state index contributed by atoms with van der Waals surface area (Å²) >= 11 is 1.51. The van der Waals surface area contributed by atoms with E-state index in [1.807, 2.05) is 12.3 Å². The van der Waals surface area contributed by atoms with Crippen molar-refractivity contribution in [2.45, 2.75) is 11.4 Å². The van der Waals surface area contributed by atoms with Crippen molar-refractivity contribution < 1.29 is 8.42 Å². The summed E-state index contributed by atoms with van der Waals surface area (Å²) in [7, 11) is -3.23. The van der Waals surface area contributed by atoms with E-state index in [2.05, 4.69) is 0 Å². The van der Waals surface area contributed by atoms with Crippen LogP contribution in [-0.4, -0.2) is 20.4 Å². The molecule has 1 heterocycles. The van der Waals surface area contributed by atoms with Gasteiger partial charge in [-0.2, -0.15) is 11.8 Å². The highest BCUT2D eigenvalue weighted by Crippen LogP contribution is 2.34. The molecule has 0 bridgehead atoms. The average molecular weight is 255 g/mol. The first-order valence-electron chi connectivity index (χ1n) is 4.87. The number of benzene rings is 1. The van der Waals surface area contributed by atoms with Gasteiger partial charge in [0, 0.05) is 12.3 Å². The molecule has 0 saturated carbocycles. The number of rotatable bonds is 3. The van der Waals surface area contributed by atoms with Crippen molar-refractivity contribution in [3.05, 3.63) is 34.2 Å². The number of hydrogen-bond donors (Lipinski definition) is 1. The lowest BCUT2D eigenvalue weighted by Crippen LogP contribution is -2.03. The molecule has 0 fully saturated rings. The molecule has 0 radical (unpaired) electrons. The Morgan fingerprint density at radius 3 is 2.75 bits per heavy atom. The number of hydrogen-bond acceptors (Lipinski definition) is 4. The fraction of sp³-hybridized carbons (Fsp3) is 0.273. The summed E-state index contributed by atoms with van der Waals surface area (Å²) in [4.78, 5) is 0.901. The molecule has 5 heteroatoms. The lowest BCUT2D eigenvalue weighted by atomic mass is 10.1. The molecule has 2 N–H and O–H groups in total. The zero-order valence-electron chi connectivity index (χ0n) is 8.93. The van der Waals surface area contributed by atoms with E-state index >= 15 is 0 Å². The normalized spacial score (nSPS) is 17.0. The van der Waals surface area contributed by atoms with E-state index in [-0.39, 0.29) is 0 Å². The van der Waals surface area contributed by atoms with Gasteiger partial charge in [0.15, 0.2) is 0 Å². The Hall–Kier alpha value is -0.780. The zero-order valence-corrected chi connectivity index (χ0v) is 10.6. The molecular weight excluding hydrogens is 242 g/mol. The molecular formula is C11H13NO2S2. The third-order valence-electron chi connectivity index (χ3n) is 2.55. The highest BCUT2D eigenvalue weighted by molar-refractivity contribution is 8.01. The molecule has 1 aromatic carbocycles. The van der Waals surface area contributed by atoms with Crippen LogP contribution in [-0.2, 0) is 16.4 Å². The van der Waals surface area contributed by atoms with Gasteiger partial charge in [-0.05, 0) is 35.6 Å². The Labute approximate surface area is 99.6 Å². The minimum absolute atomic E-state index is 0.411. The molecule has 0 unspecified atom stereocenters. The van der Waals surface area contributed by atoms with E-state index in [9.17, 15) is 8.42 Å². The lowest BCUT2D eigenvalue weighted by molar-refractivity contribution is 0.603. The number of nitrogens with two attached hydrogens (primary N) is 1. The average Bonchev–Trinajstić information content (AvgIpc) is 2.51. The predicted molar refractivity (Wildman–Crippen MR) is 67.9 cm³/mol. The molecule has 0 atom stereocenters. The van der Waals surface area contributed by atoms with Crippen molar-refractivity contribution in [1.82, 2.24) is 0 Å². The minimum atomic E-state index is -3.23. The van der Waals surface area contributed by atoms with Gasteiger partial charge in [-0.3, -0.25) is 0 Å². The second kappa shape index (κ2) is 4.24. The van der Waals surface area contributed by atoms with Crippen LogP contribution >= 0.6 is 11.8 Å². The van der Waals surface area contributed by atoms with Gasteiger partial charge in [-0.15, -0.1) is 0 Å². The maximum atomic E-state index is 12.1. The van der Waals surface area contributed by atoms with Gasteiger partial charge in [-0.1, -0.05) is 6.07 Å². The van der Waals surface area contributed by atoms with E-state index < -0.39 is 9.84 Å². The largest absolute Gasteiger partial charge is 0.326 e. The Morgan fingerprint density at radius 1 is 1.38 bits per heavy atom. The SMILES string of the molecule is CSCC1=Cc2cc(CN)ccc2S1(=O)=O. The molecule has 0 spiro atoms. The van der Waals surface area contributed by atoms with Crippen molar-refractivity contribution in [2.24, 2.45) is 5.73 Å². The fourth-order valence-corrected chi connectivity index (χ4v) is 4.32. The van der Waals surface area contributed by atoms with E-state index in [1.165, 1.54) is 11.8 Å². The third-order valence-corrected chi connectivity index (χ3v) is 5.23. The number of sulfone groups is 1. The lowest BCUT2D eigenvalue weighted by Gasteiger charge is -2.03. The van der Waals surface area contributed by atoms with E-state index in [1.54, 1.807) is 18.2 Å². The first-order valence-corrected chi connectivity index (χ1v) is 7.75. The Bertz CT molecular complexity index is 547. The first kappa shape index (κ1) is 11.7. The van der Waals surface area contributed by atoms with Crippen molar-refractivity contribution in [1.29, 1.82) is 0 Å². The molecule has 0 aromatic heterocycles. The topological polar surface area (TPSA) is 60.2 Å². The van der Waals surface area contributed by atoms with Gasteiger partial charge in [0.1, 0.15) is 0 Å². The van der Waals surface area contributed by atoms with Gasteiger partial charge in [0.2, 0.25) is 9.84 Å². The molecule has 86 valence electrons. The van der Waals surface area contributed by atoms with Crippen LogP contribution < -0.4 is 5.73 Å². The van der Waals surface area contributed by atoms with Crippen LogP contribution in [0.15, 0.2) is 28.0 Å². The molecule has 0 amide bonds. The molecule has 1 aliphatic rings. The van der Waals surface area contributed by atoms with Crippen molar-refractivity contribution in [3.8, 4) is 0 Å². The summed E-state index contributed by atoms with van der Waals surface area (Å²) in [6.07, 6.45) is 3.64. The van der Waals surface area contributed by atoms with E-state index in [0.29, 0.717) is 22.1 Å². The van der Waals surface area contributed by atoms with Gasteiger partial charge >= 0.3 is 0 Å². The summed E-state index contributed by atoms with van der Waals surface area (Å²) < 4.78 is 24.1. The third kappa shape index (κ3) is 1.79. The second-order valence-corrected chi connectivity index (χ2v) is 6.46. The van der Waals surface area contributed by atoms with E-state index in [0.717, 1.165) is 11.1 Å². The van der Waals surface area contributed by atoms with E-state index in [4.69, 9.17) is 5.73 Å². The van der Waals surface area contributed by atoms with Gasteiger partial charge in [0.25, 0.3) is 0 Å². The van der Waals surface area contributed by atoms with Gasteiger partial charge < -0.3 is 5.73 Å². The molecule has 1 aliphatic heterocycles. The first-order chi connectivity index (χ1) is 7.59. The van der Waals surface area contributed by atoms with Crippen LogP contribution in [0.5, 0.6) is 0 Å². The fourth-order valence-electron chi connectivity index (χ4n) is 1.74. The predicted octanol–water partition coefficient (Wildman–Crippen LogP) is 1.64. The summed E-state index contributed by atoms with van der Waals surface area (Å²) in [5, 5.41) is 0. The highest BCUT2D eigenvalue weighted by atomic mass is 32.2. The molecule has 1 aromatic rings. The standard InChI is InChI=1S/C11H13NO2S2/c1-15-7-10-5-9-4-8(6-12)2-3-11(9)16(10,13)14/h2-5H,6-7,12H2,1H3. The van der Waals surface area contributed by atoms with Crippen molar-refractivity contribution in [3.63, 3.8) is 0 Å². The van der Waals surface area contributed by atoms with Crippen LogP contribution in [0.3, 0.4) is 0 Å². The van der Waals surface area contributed by atoms with Gasteiger partial charge in [-0.25, -0.2) is 8.42 Å². The van der Waals surface area contributed by atoms with Crippen molar-refractivity contribution in [2.75, 3.05) is 12.0 Å². The second-order valence-electron chi connectivity index (χ2n) is 3.62. The van der Waals surface area contributed by atoms with Gasteiger partial charge in [0.05, 0.1) is 9.80 Å². The maximum Gasteiger partial charge on any atom is 0.204 e. The molecule has 3 nitrogen and oxygen atoms in total. The monoisotopic (exact) mass is 255 g/mol. The van der Waals surface area contributed by atoms with Crippen LogP contribution in [0.2, 0.25) is 0 Å². The molecule has 0 aliphatic carbocycles. The van der Waals surface area contributed by atoms with Crippen molar-refractivity contribution >= 4 is 27.7 Å². The Kier molecular flexibility index (Phi) is 3.10. The molecule has 16 heavy (non-hydrogen) atoms.